The van der Waals surface area contributed by atoms with E-state index >= 15 is 4.79 Å². The van der Waals surface area contributed by atoms with E-state index in [0.717, 1.165) is 44.5 Å². The SMILES string of the molecule is O=C1C=CC(CC2=C(C(=O)OC(c3ccccc3)c3ccccc3)N3C(=O)[C@@H](NC(=O)/C(=N/OC(c4ccccc4)(c4ccccc4)c4ccccc4)c4csc(NC(c5ccccc5)(c5ccccc5)c5ccccc5)n4)[C@H]3SC2)O1. The molecule has 1 saturated heterocycles. The highest BCUT2D eigenvalue weighted by atomic mass is 32.2. The number of amides is 2. The number of thioether (sulfide) groups is 1. The molecule has 9 aromatic rings. The second-order valence-corrected chi connectivity index (χ2v) is 21.7. The molecule has 404 valence electrons. The van der Waals surface area contributed by atoms with Crippen LogP contribution in [0.5, 0.6) is 0 Å². The van der Waals surface area contributed by atoms with Gasteiger partial charge in [0.1, 0.15) is 34.4 Å². The van der Waals surface area contributed by atoms with Gasteiger partial charge in [-0.2, -0.15) is 0 Å². The lowest BCUT2D eigenvalue weighted by Crippen LogP contribution is -2.71. The number of aromatic nitrogens is 1. The van der Waals surface area contributed by atoms with Crippen LogP contribution in [-0.4, -0.2) is 62.6 Å². The fourth-order valence-corrected chi connectivity index (χ4v) is 13.0. The van der Waals surface area contributed by atoms with Crippen LogP contribution in [-0.2, 0) is 44.6 Å². The summed E-state index contributed by atoms with van der Waals surface area (Å²) in [6.07, 6.45) is 1.66. The predicted octanol–water partition coefficient (Wildman–Crippen LogP) is 12.1. The Balaban J connectivity index is 0.934. The minimum Gasteiger partial charge on any atom is -0.455 e. The molecule has 3 aliphatic heterocycles. The highest BCUT2D eigenvalue weighted by Gasteiger charge is 2.55. The molecule has 8 aromatic carbocycles. The topological polar surface area (TPSA) is 149 Å². The maximum atomic E-state index is 15.5. The molecule has 2 amide bonds. The first-order chi connectivity index (χ1) is 40.3. The van der Waals surface area contributed by atoms with Crippen molar-refractivity contribution in [1.29, 1.82) is 0 Å². The summed E-state index contributed by atoms with van der Waals surface area (Å²) in [5.41, 5.74) is 4.76. The van der Waals surface area contributed by atoms with Crippen molar-refractivity contribution >= 4 is 57.7 Å². The van der Waals surface area contributed by atoms with Crippen molar-refractivity contribution in [2.75, 3.05) is 11.1 Å². The van der Waals surface area contributed by atoms with Gasteiger partial charge in [0.15, 0.2) is 16.9 Å². The number of β-lactam (4-membered cyclic amide) rings is 1. The summed E-state index contributed by atoms with van der Waals surface area (Å²) in [5.74, 6) is -2.25. The molecular formula is C68H53N5O7S2. The van der Waals surface area contributed by atoms with Crippen molar-refractivity contribution in [1.82, 2.24) is 15.2 Å². The summed E-state index contributed by atoms with van der Waals surface area (Å²) in [4.78, 5) is 71.2. The number of thiazole rings is 1. The highest BCUT2D eigenvalue weighted by molar-refractivity contribution is 8.00. The number of nitrogens with one attached hydrogen (secondary N) is 2. The molecule has 4 heterocycles. The van der Waals surface area contributed by atoms with E-state index in [9.17, 15) is 14.4 Å². The van der Waals surface area contributed by atoms with Crippen LogP contribution in [0.2, 0.25) is 0 Å². The number of carbonyl (C=O) groups is 4. The van der Waals surface area contributed by atoms with Crippen LogP contribution < -0.4 is 10.6 Å². The molecule has 1 fully saturated rings. The van der Waals surface area contributed by atoms with Crippen LogP contribution in [0, 0.1) is 0 Å². The molecule has 3 aliphatic rings. The van der Waals surface area contributed by atoms with Gasteiger partial charge in [-0.3, -0.25) is 14.5 Å². The van der Waals surface area contributed by atoms with Gasteiger partial charge in [0.05, 0.1) is 0 Å². The third-order valence-corrected chi connectivity index (χ3v) is 16.9. The van der Waals surface area contributed by atoms with Gasteiger partial charge in [0.2, 0.25) is 5.60 Å². The minimum atomic E-state index is -1.39. The molecule has 3 atom stereocenters. The molecule has 82 heavy (non-hydrogen) atoms. The number of hydrogen-bond acceptors (Lipinski definition) is 12. The summed E-state index contributed by atoms with van der Waals surface area (Å²) < 4.78 is 12.0. The molecule has 14 heteroatoms. The van der Waals surface area contributed by atoms with Gasteiger partial charge in [-0.1, -0.05) is 248 Å². The number of fused-ring (bicyclic) bond motifs is 1. The van der Waals surface area contributed by atoms with Crippen molar-refractivity contribution < 1.29 is 33.5 Å². The maximum Gasteiger partial charge on any atom is 0.356 e. The quantitative estimate of drug-likeness (QED) is 0.0263. The fourth-order valence-electron chi connectivity index (χ4n) is 10.9. The Morgan fingerprint density at radius 2 is 1.09 bits per heavy atom. The summed E-state index contributed by atoms with van der Waals surface area (Å²) >= 11 is 2.67. The van der Waals surface area contributed by atoms with E-state index < -0.39 is 58.5 Å². The molecule has 0 bridgehead atoms. The van der Waals surface area contributed by atoms with Gasteiger partial charge >= 0.3 is 11.9 Å². The summed E-state index contributed by atoms with van der Waals surface area (Å²) in [6.45, 7) is 0. The molecule has 0 aliphatic carbocycles. The Labute approximate surface area is 482 Å². The number of hydrogen-bond donors (Lipinski definition) is 2. The zero-order valence-corrected chi connectivity index (χ0v) is 45.7. The van der Waals surface area contributed by atoms with Gasteiger partial charge in [-0.05, 0) is 39.5 Å². The predicted molar refractivity (Wildman–Crippen MR) is 318 cm³/mol. The number of cyclic esters (lactones) is 1. The van der Waals surface area contributed by atoms with Crippen molar-refractivity contribution in [3.63, 3.8) is 0 Å². The van der Waals surface area contributed by atoms with E-state index in [0.29, 0.717) is 10.7 Å². The lowest BCUT2D eigenvalue weighted by molar-refractivity contribution is -0.154. The zero-order valence-electron chi connectivity index (χ0n) is 44.1. The molecule has 0 radical (unpaired) electrons. The third-order valence-electron chi connectivity index (χ3n) is 14.8. The number of nitrogens with zero attached hydrogens (tertiary/aromatic N) is 3. The van der Waals surface area contributed by atoms with Crippen LogP contribution in [0.15, 0.2) is 277 Å². The highest BCUT2D eigenvalue weighted by Crippen LogP contribution is 2.45. The van der Waals surface area contributed by atoms with Crippen molar-refractivity contribution in [2.24, 2.45) is 5.16 Å². The lowest BCUT2D eigenvalue weighted by atomic mass is 9.77. The zero-order chi connectivity index (χ0) is 55.9. The second kappa shape index (κ2) is 23.6. The average Bonchev–Trinajstić information content (AvgIpc) is 4.36. The average molecular weight is 1120 g/mol. The van der Waals surface area contributed by atoms with Crippen molar-refractivity contribution in [3.05, 3.63) is 322 Å². The first kappa shape index (κ1) is 53.0. The number of benzene rings is 8. The second-order valence-electron chi connectivity index (χ2n) is 19.8. The van der Waals surface area contributed by atoms with Crippen molar-refractivity contribution in [2.45, 2.75) is 41.2 Å². The molecule has 2 N–H and O–H groups in total. The van der Waals surface area contributed by atoms with E-state index in [1.165, 1.54) is 34.1 Å². The largest absolute Gasteiger partial charge is 0.455 e. The first-order valence-electron chi connectivity index (χ1n) is 26.8. The number of esters is 2. The van der Waals surface area contributed by atoms with Gasteiger partial charge in [0, 0.05) is 40.3 Å². The van der Waals surface area contributed by atoms with E-state index in [1.807, 2.05) is 206 Å². The number of oxime groups is 1. The fraction of sp³-hybridized carbons (Fsp3) is 0.118. The summed E-state index contributed by atoms with van der Waals surface area (Å²) in [7, 11) is 0. The van der Waals surface area contributed by atoms with Gasteiger partial charge < -0.3 is 24.9 Å². The molecular weight excluding hydrogens is 1060 g/mol. The molecule has 1 unspecified atom stereocenters. The van der Waals surface area contributed by atoms with Gasteiger partial charge in [-0.25, -0.2) is 14.6 Å². The van der Waals surface area contributed by atoms with Crippen LogP contribution in [0.25, 0.3) is 0 Å². The number of carbonyl (C=O) groups excluding carboxylic acids is 4. The monoisotopic (exact) mass is 1120 g/mol. The van der Waals surface area contributed by atoms with E-state index in [1.54, 1.807) is 11.5 Å². The Morgan fingerprint density at radius 3 is 1.54 bits per heavy atom. The van der Waals surface area contributed by atoms with Gasteiger partial charge in [0.25, 0.3) is 11.8 Å². The molecule has 0 saturated carbocycles. The van der Waals surface area contributed by atoms with E-state index in [2.05, 4.69) is 47.0 Å². The van der Waals surface area contributed by atoms with Crippen LogP contribution in [0.4, 0.5) is 5.13 Å². The number of ether oxygens (including phenoxy) is 2. The molecule has 12 rings (SSSR count). The number of rotatable bonds is 19. The standard InChI is InChI=1S/C68H53N5O7S2/c74-57-42-41-55(78-57)43-48-44-81-64-59(63(76)73(64)60(48)65(77)79-61(46-25-9-1-10-26-46)47-27-11-2-12-28-47)70-62(75)58(72-80-68(52-35-19-6-20-36-52,53-37-21-7-22-38-53)54-39-23-8-24-40-54)56-45-82-66(69-56)71-67(49-29-13-3-14-30-49,50-31-15-4-16-32-50)51-33-17-5-18-34-51/h1-42,45,55,59,61,64H,43-44H2,(H,69,71)(H,70,75)/b72-58+/t55?,59-,64-/m1/s1. The smallest absolute Gasteiger partial charge is 0.356 e. The normalized spacial score (nSPS) is 16.9. The lowest BCUT2D eigenvalue weighted by Gasteiger charge is -2.50. The molecule has 12 nitrogen and oxygen atoms in total. The minimum absolute atomic E-state index is 0.0389. The Bertz CT molecular complexity index is 3580. The van der Waals surface area contributed by atoms with Crippen LogP contribution >= 0.6 is 23.1 Å². The Hall–Kier alpha value is -9.63. The van der Waals surface area contributed by atoms with Crippen LogP contribution in [0.1, 0.15) is 62.7 Å². The van der Waals surface area contributed by atoms with Crippen molar-refractivity contribution in [3.8, 4) is 0 Å². The Morgan fingerprint density at radius 1 is 0.634 bits per heavy atom. The summed E-state index contributed by atoms with van der Waals surface area (Å²) in [5, 5.41) is 13.2. The van der Waals surface area contributed by atoms with Crippen LogP contribution in [0.3, 0.4) is 0 Å². The van der Waals surface area contributed by atoms with E-state index in [-0.39, 0.29) is 29.3 Å². The summed E-state index contributed by atoms with van der Waals surface area (Å²) in [6, 6.07) is 77.1. The molecule has 1 aromatic heterocycles. The number of anilines is 1. The maximum absolute atomic E-state index is 15.5. The third kappa shape index (κ3) is 10.4. The molecule has 0 spiro atoms. The Kier molecular flexibility index (Phi) is 15.3. The van der Waals surface area contributed by atoms with E-state index in [4.69, 9.17) is 24.5 Å². The first-order valence-corrected chi connectivity index (χ1v) is 28.7. The van der Waals surface area contributed by atoms with Gasteiger partial charge in [-0.15, -0.1) is 23.1 Å².